The van der Waals surface area contributed by atoms with Crippen molar-refractivity contribution in [3.05, 3.63) is 28.8 Å². The number of hydrogen-bond donors (Lipinski definition) is 2. The molecule has 2 rings (SSSR count). The van der Waals surface area contributed by atoms with Crippen molar-refractivity contribution in [3.63, 3.8) is 0 Å². The molecule has 0 atom stereocenters. The van der Waals surface area contributed by atoms with E-state index in [4.69, 9.17) is 16.3 Å². The van der Waals surface area contributed by atoms with Gasteiger partial charge in [-0.15, -0.1) is 0 Å². The van der Waals surface area contributed by atoms with Crippen LogP contribution < -0.4 is 10.6 Å². The van der Waals surface area contributed by atoms with Gasteiger partial charge in [0.05, 0.1) is 29.8 Å². The van der Waals surface area contributed by atoms with Gasteiger partial charge in [0.2, 0.25) is 5.91 Å². The molecule has 0 spiro atoms. The highest BCUT2D eigenvalue weighted by Gasteiger charge is 2.27. The molecule has 1 aromatic carbocycles. The molecule has 0 unspecified atom stereocenters. The number of benzene rings is 1. The summed E-state index contributed by atoms with van der Waals surface area (Å²) in [4.78, 5) is 30.8. The smallest absolute Gasteiger partial charge is 0.309 e. The van der Waals surface area contributed by atoms with Gasteiger partial charge < -0.3 is 20.3 Å². The number of halogens is 1. The number of nitrogens with zero attached hydrogens (tertiary/aromatic N) is 2. The van der Waals surface area contributed by atoms with E-state index in [2.05, 4.69) is 20.5 Å². The number of carbonyl (C=O) groups excluding carboxylic acids is 2. The maximum atomic E-state index is 12.2. The summed E-state index contributed by atoms with van der Waals surface area (Å²) in [5.41, 5.74) is 1.65. The Morgan fingerprint density at radius 2 is 2.00 bits per heavy atom. The highest BCUT2D eigenvalue weighted by molar-refractivity contribution is 6.33. The van der Waals surface area contributed by atoms with Crippen LogP contribution in [-0.2, 0) is 14.3 Å². The van der Waals surface area contributed by atoms with Crippen LogP contribution in [0.2, 0.25) is 5.02 Å². The van der Waals surface area contributed by atoms with Gasteiger partial charge in [-0.2, -0.15) is 0 Å². The summed E-state index contributed by atoms with van der Waals surface area (Å²) in [6.45, 7) is 8.78. The van der Waals surface area contributed by atoms with Crippen molar-refractivity contribution in [2.45, 2.75) is 40.0 Å². The van der Waals surface area contributed by atoms with Gasteiger partial charge in [-0.3, -0.25) is 14.6 Å². The van der Waals surface area contributed by atoms with Gasteiger partial charge in [0.25, 0.3) is 0 Å². The van der Waals surface area contributed by atoms with E-state index in [-0.39, 0.29) is 24.2 Å². The number of aliphatic imine (C=N–C) groups is 1. The molecular formula is C21H31ClN4O3. The first-order valence-electron chi connectivity index (χ1n) is 10.2. The number of piperidine rings is 1. The molecule has 0 aliphatic carbocycles. The summed E-state index contributed by atoms with van der Waals surface area (Å²) >= 11 is 6.16. The second-order valence-corrected chi connectivity index (χ2v) is 7.44. The van der Waals surface area contributed by atoms with Crippen LogP contribution in [0.25, 0.3) is 0 Å². The van der Waals surface area contributed by atoms with E-state index in [9.17, 15) is 9.59 Å². The fraction of sp³-hybridized carbons (Fsp3) is 0.571. The Morgan fingerprint density at radius 1 is 1.28 bits per heavy atom. The predicted octanol–water partition coefficient (Wildman–Crippen LogP) is 3.22. The number of amides is 1. The van der Waals surface area contributed by atoms with E-state index < -0.39 is 0 Å². The lowest BCUT2D eigenvalue weighted by atomic mass is 9.97. The monoisotopic (exact) mass is 422 g/mol. The summed E-state index contributed by atoms with van der Waals surface area (Å²) in [5.74, 6) is 0.493. The number of ether oxygens (including phenoxy) is 1. The molecule has 1 heterocycles. The quantitative estimate of drug-likeness (QED) is 0.400. The van der Waals surface area contributed by atoms with Crippen molar-refractivity contribution in [1.29, 1.82) is 0 Å². The molecule has 1 aliphatic heterocycles. The second kappa shape index (κ2) is 11.7. The van der Waals surface area contributed by atoms with Gasteiger partial charge in [-0.25, -0.2) is 0 Å². The molecular weight excluding hydrogens is 392 g/mol. The van der Waals surface area contributed by atoms with Gasteiger partial charge in [-0.1, -0.05) is 17.7 Å². The number of aryl methyl sites for hydroxylation is 1. The van der Waals surface area contributed by atoms with Crippen LogP contribution in [0.3, 0.4) is 0 Å². The van der Waals surface area contributed by atoms with Crippen molar-refractivity contribution < 1.29 is 14.3 Å². The number of guanidine groups is 1. The van der Waals surface area contributed by atoms with Crippen LogP contribution in [0.15, 0.2) is 23.2 Å². The minimum Gasteiger partial charge on any atom is -0.466 e. The summed E-state index contributed by atoms with van der Waals surface area (Å²) in [5, 5.41) is 6.62. The third kappa shape index (κ3) is 7.24. The molecule has 29 heavy (non-hydrogen) atoms. The molecule has 0 radical (unpaired) electrons. The topological polar surface area (TPSA) is 83.0 Å². The first-order valence-corrected chi connectivity index (χ1v) is 10.6. The van der Waals surface area contributed by atoms with Crippen LogP contribution >= 0.6 is 11.6 Å². The Labute approximate surface area is 177 Å². The van der Waals surface area contributed by atoms with Gasteiger partial charge in [0.15, 0.2) is 5.96 Å². The zero-order valence-corrected chi connectivity index (χ0v) is 18.2. The van der Waals surface area contributed by atoms with Gasteiger partial charge in [0.1, 0.15) is 0 Å². The zero-order chi connectivity index (χ0) is 21.2. The molecule has 0 saturated carbocycles. The van der Waals surface area contributed by atoms with Crippen molar-refractivity contribution >= 4 is 35.1 Å². The van der Waals surface area contributed by atoms with E-state index >= 15 is 0 Å². The standard InChI is InChI=1S/C21H31ClN4O3/c1-4-23-21(26-12-9-16(10-13-26)20(28)29-5-2)24-11-8-19(27)25-18-7-6-15(3)14-17(18)22/h6-7,14,16H,4-5,8-13H2,1-3H3,(H,23,24)(H,25,27). The van der Waals surface area contributed by atoms with E-state index in [0.717, 1.165) is 44.0 Å². The third-order valence-electron chi connectivity index (χ3n) is 4.75. The third-order valence-corrected chi connectivity index (χ3v) is 5.06. The Bertz CT molecular complexity index is 731. The van der Waals surface area contributed by atoms with E-state index in [0.29, 0.717) is 23.9 Å². The second-order valence-electron chi connectivity index (χ2n) is 7.03. The highest BCUT2D eigenvalue weighted by Crippen LogP contribution is 2.23. The summed E-state index contributed by atoms with van der Waals surface area (Å²) in [6.07, 6.45) is 1.75. The number of anilines is 1. The first kappa shape index (κ1) is 23.0. The highest BCUT2D eigenvalue weighted by atomic mass is 35.5. The lowest BCUT2D eigenvalue weighted by molar-refractivity contribution is -0.149. The maximum Gasteiger partial charge on any atom is 0.309 e. The number of rotatable bonds is 7. The molecule has 1 amide bonds. The Morgan fingerprint density at radius 3 is 2.62 bits per heavy atom. The van der Waals surface area contributed by atoms with Crippen molar-refractivity contribution in [1.82, 2.24) is 10.2 Å². The van der Waals surface area contributed by atoms with Crippen LogP contribution in [0.5, 0.6) is 0 Å². The SMILES string of the molecule is CCNC(=NCCC(=O)Nc1ccc(C)cc1Cl)N1CCC(C(=O)OCC)CC1. The largest absolute Gasteiger partial charge is 0.466 e. The van der Waals surface area contributed by atoms with E-state index in [1.54, 1.807) is 6.07 Å². The molecule has 0 bridgehead atoms. The molecule has 1 fully saturated rings. The van der Waals surface area contributed by atoms with E-state index in [1.165, 1.54) is 0 Å². The normalized spacial score (nSPS) is 15.2. The van der Waals surface area contributed by atoms with Gasteiger partial charge in [0, 0.05) is 26.1 Å². The molecule has 160 valence electrons. The van der Waals surface area contributed by atoms with Crippen molar-refractivity contribution in [2.24, 2.45) is 10.9 Å². The minimum atomic E-state index is -0.128. The first-order chi connectivity index (χ1) is 13.9. The van der Waals surface area contributed by atoms with Crippen LogP contribution in [0, 0.1) is 12.8 Å². The maximum absolute atomic E-state index is 12.2. The average Bonchev–Trinajstić information content (AvgIpc) is 2.70. The fourth-order valence-electron chi connectivity index (χ4n) is 3.21. The predicted molar refractivity (Wildman–Crippen MR) is 116 cm³/mol. The number of nitrogens with one attached hydrogen (secondary N) is 2. The molecule has 0 aromatic heterocycles. The Hall–Kier alpha value is -2.28. The number of carbonyl (C=O) groups is 2. The molecule has 1 saturated heterocycles. The van der Waals surface area contributed by atoms with Crippen molar-refractivity contribution in [2.75, 3.05) is 38.1 Å². The van der Waals surface area contributed by atoms with Crippen LogP contribution in [0.4, 0.5) is 5.69 Å². The van der Waals surface area contributed by atoms with Gasteiger partial charge in [-0.05, 0) is 51.3 Å². The fourth-order valence-corrected chi connectivity index (χ4v) is 3.49. The molecule has 2 N–H and O–H groups in total. The molecule has 7 nitrogen and oxygen atoms in total. The number of likely N-dealkylation sites (tertiary alicyclic amines) is 1. The Kier molecular flexibility index (Phi) is 9.25. The summed E-state index contributed by atoms with van der Waals surface area (Å²) in [7, 11) is 0. The molecule has 1 aromatic rings. The lowest BCUT2D eigenvalue weighted by Crippen LogP contribution is -2.46. The molecule has 8 heteroatoms. The van der Waals surface area contributed by atoms with Crippen molar-refractivity contribution in [3.8, 4) is 0 Å². The van der Waals surface area contributed by atoms with Gasteiger partial charge >= 0.3 is 5.97 Å². The van der Waals surface area contributed by atoms with Crippen LogP contribution in [-0.4, -0.2) is 55.5 Å². The Balaban J connectivity index is 1.85. The number of hydrogen-bond acceptors (Lipinski definition) is 4. The van der Waals surface area contributed by atoms with Crippen LogP contribution in [0.1, 0.15) is 38.7 Å². The minimum absolute atomic E-state index is 0.0425. The molecule has 1 aliphatic rings. The average molecular weight is 423 g/mol. The lowest BCUT2D eigenvalue weighted by Gasteiger charge is -2.33. The number of esters is 1. The summed E-state index contributed by atoms with van der Waals surface area (Å²) in [6, 6.07) is 5.53. The van der Waals surface area contributed by atoms with E-state index in [1.807, 2.05) is 32.9 Å². The zero-order valence-electron chi connectivity index (χ0n) is 17.5. The summed E-state index contributed by atoms with van der Waals surface area (Å²) < 4.78 is 5.12.